The van der Waals surface area contributed by atoms with Crippen LogP contribution in [0.1, 0.15) is 5.56 Å². The maximum Gasteiger partial charge on any atom is 0.452 e. The average Bonchev–Trinajstić information content (AvgIpc) is 2.04. The first-order valence-electron chi connectivity index (χ1n) is 3.49. The van der Waals surface area contributed by atoms with Gasteiger partial charge in [-0.05, 0) is 5.56 Å². The quantitative estimate of drug-likeness (QED) is 0.709. The van der Waals surface area contributed by atoms with Crippen LogP contribution in [-0.4, -0.2) is 5.51 Å². The molecule has 0 aromatic heterocycles. The van der Waals surface area contributed by atoms with Crippen molar-refractivity contribution in [1.82, 2.24) is 0 Å². The fourth-order valence-electron chi connectivity index (χ4n) is 0.739. The highest BCUT2D eigenvalue weighted by Gasteiger charge is 2.28. The van der Waals surface area contributed by atoms with E-state index in [1.165, 1.54) is 0 Å². The molecule has 0 amide bonds. The van der Waals surface area contributed by atoms with Crippen LogP contribution >= 0.6 is 21.6 Å². The minimum Gasteiger partial charge on any atom is -0.160 e. The van der Waals surface area contributed by atoms with Gasteiger partial charge in [-0.3, -0.25) is 0 Å². The molecule has 1 aromatic rings. The highest BCUT2D eigenvalue weighted by Crippen LogP contribution is 2.41. The van der Waals surface area contributed by atoms with Gasteiger partial charge in [0.2, 0.25) is 0 Å². The Morgan fingerprint density at radius 3 is 2.23 bits per heavy atom. The predicted octanol–water partition coefficient (Wildman–Crippen LogP) is 4.09. The van der Waals surface area contributed by atoms with E-state index in [4.69, 9.17) is 0 Å². The Kier molecular flexibility index (Phi) is 3.99. The van der Waals surface area contributed by atoms with E-state index in [2.05, 4.69) is 0 Å². The molecule has 1 aromatic carbocycles. The predicted molar refractivity (Wildman–Crippen MR) is 51.4 cm³/mol. The first kappa shape index (κ1) is 10.8. The van der Waals surface area contributed by atoms with Crippen LogP contribution in [0.15, 0.2) is 30.3 Å². The van der Waals surface area contributed by atoms with E-state index >= 15 is 0 Å². The SMILES string of the molecule is FC(F)(F)SSCc1ccccc1. The normalized spacial score (nSPS) is 11.6. The Hall–Kier alpha value is -0.290. The molecule has 0 fully saturated rings. The molecular weight excluding hydrogens is 217 g/mol. The van der Waals surface area contributed by atoms with Gasteiger partial charge in [0.05, 0.1) is 0 Å². The number of rotatable bonds is 3. The van der Waals surface area contributed by atoms with Gasteiger partial charge in [-0.2, -0.15) is 13.2 Å². The first-order chi connectivity index (χ1) is 6.08. The fourth-order valence-corrected chi connectivity index (χ4v) is 2.25. The van der Waals surface area contributed by atoms with Crippen molar-refractivity contribution in [2.45, 2.75) is 11.3 Å². The van der Waals surface area contributed by atoms with Gasteiger partial charge < -0.3 is 0 Å². The molecule has 5 heteroatoms. The molecule has 0 bridgehead atoms. The molecule has 13 heavy (non-hydrogen) atoms. The Morgan fingerprint density at radius 2 is 1.69 bits per heavy atom. The summed E-state index contributed by atoms with van der Waals surface area (Å²) < 4.78 is 35.1. The standard InChI is InChI=1S/C8H7F3S2/c9-8(10,11)13-12-6-7-4-2-1-3-5-7/h1-5H,6H2. The summed E-state index contributed by atoms with van der Waals surface area (Å²) in [4.78, 5) is 0. The summed E-state index contributed by atoms with van der Waals surface area (Å²) in [7, 11) is 0.750. The molecule has 0 spiro atoms. The van der Waals surface area contributed by atoms with Crippen molar-refractivity contribution >= 4 is 21.6 Å². The zero-order chi connectivity index (χ0) is 9.73. The number of hydrogen-bond donors (Lipinski definition) is 0. The topological polar surface area (TPSA) is 0 Å². The molecule has 0 aliphatic heterocycles. The van der Waals surface area contributed by atoms with Crippen molar-refractivity contribution < 1.29 is 13.2 Å². The maximum absolute atomic E-state index is 11.7. The summed E-state index contributed by atoms with van der Waals surface area (Å²) in [5.74, 6) is 0.380. The fraction of sp³-hybridized carbons (Fsp3) is 0.250. The zero-order valence-corrected chi connectivity index (χ0v) is 8.18. The minimum atomic E-state index is -4.14. The van der Waals surface area contributed by atoms with E-state index in [1.807, 2.05) is 30.3 Å². The van der Waals surface area contributed by atoms with Gasteiger partial charge in [0, 0.05) is 16.5 Å². The van der Waals surface area contributed by atoms with Crippen LogP contribution in [0.25, 0.3) is 0 Å². The van der Waals surface area contributed by atoms with Crippen molar-refractivity contribution in [3.05, 3.63) is 35.9 Å². The molecule has 0 aliphatic rings. The lowest BCUT2D eigenvalue weighted by Crippen LogP contribution is -1.96. The highest BCUT2D eigenvalue weighted by molar-refractivity contribution is 8.76. The van der Waals surface area contributed by atoms with Gasteiger partial charge in [0.1, 0.15) is 0 Å². The zero-order valence-electron chi connectivity index (χ0n) is 6.54. The van der Waals surface area contributed by atoms with Crippen molar-refractivity contribution in [2.24, 2.45) is 0 Å². The third-order valence-electron chi connectivity index (χ3n) is 1.22. The second-order valence-electron chi connectivity index (χ2n) is 2.28. The van der Waals surface area contributed by atoms with E-state index in [1.54, 1.807) is 0 Å². The molecule has 0 saturated carbocycles. The first-order valence-corrected chi connectivity index (χ1v) is 5.81. The molecule has 0 unspecified atom stereocenters. The number of alkyl halides is 3. The summed E-state index contributed by atoms with van der Waals surface area (Å²) in [5.41, 5.74) is -3.23. The number of halogens is 3. The third kappa shape index (κ3) is 5.10. The Bertz CT molecular complexity index is 245. The smallest absolute Gasteiger partial charge is 0.160 e. The highest BCUT2D eigenvalue weighted by atomic mass is 33.1. The largest absolute Gasteiger partial charge is 0.452 e. The third-order valence-corrected chi connectivity index (χ3v) is 3.25. The van der Waals surface area contributed by atoms with Gasteiger partial charge in [0.15, 0.2) is 0 Å². The van der Waals surface area contributed by atoms with Crippen LogP contribution in [0, 0.1) is 0 Å². The number of benzene rings is 1. The van der Waals surface area contributed by atoms with Crippen LogP contribution < -0.4 is 0 Å². The van der Waals surface area contributed by atoms with E-state index in [9.17, 15) is 13.2 Å². The Labute approximate surface area is 82.3 Å². The monoisotopic (exact) mass is 224 g/mol. The Balaban J connectivity index is 2.29. The molecular formula is C8H7F3S2. The molecule has 0 radical (unpaired) electrons. The summed E-state index contributed by atoms with van der Waals surface area (Å²) >= 11 is 0. The second kappa shape index (κ2) is 4.81. The summed E-state index contributed by atoms with van der Waals surface area (Å²) in [6.45, 7) is 0. The van der Waals surface area contributed by atoms with Gasteiger partial charge in [-0.15, -0.1) is 0 Å². The van der Waals surface area contributed by atoms with Crippen LogP contribution in [0.2, 0.25) is 0 Å². The van der Waals surface area contributed by atoms with Crippen molar-refractivity contribution in [3.63, 3.8) is 0 Å². The molecule has 0 nitrogen and oxygen atoms in total. The van der Waals surface area contributed by atoms with Gasteiger partial charge >= 0.3 is 5.51 Å². The summed E-state index contributed by atoms with van der Waals surface area (Å²) in [6, 6.07) is 9.08. The Morgan fingerprint density at radius 1 is 1.08 bits per heavy atom. The van der Waals surface area contributed by atoms with Gasteiger partial charge in [-0.25, -0.2) is 0 Å². The molecule has 0 N–H and O–H groups in total. The molecule has 72 valence electrons. The van der Waals surface area contributed by atoms with Gasteiger partial charge in [-0.1, -0.05) is 41.1 Å². The average molecular weight is 224 g/mol. The molecule has 0 heterocycles. The van der Waals surface area contributed by atoms with Crippen molar-refractivity contribution in [1.29, 1.82) is 0 Å². The van der Waals surface area contributed by atoms with Crippen LogP contribution in [0.4, 0.5) is 13.2 Å². The van der Waals surface area contributed by atoms with Crippen molar-refractivity contribution in [2.75, 3.05) is 0 Å². The molecule has 0 atom stereocenters. The van der Waals surface area contributed by atoms with Crippen LogP contribution in [0.3, 0.4) is 0 Å². The minimum absolute atomic E-state index is 0.0549. The van der Waals surface area contributed by atoms with E-state index < -0.39 is 5.51 Å². The molecule has 0 saturated heterocycles. The summed E-state index contributed by atoms with van der Waals surface area (Å²) in [5, 5.41) is 0. The second-order valence-corrected chi connectivity index (χ2v) is 4.64. The lowest BCUT2D eigenvalue weighted by Gasteiger charge is -2.03. The molecule has 0 aliphatic carbocycles. The lowest BCUT2D eigenvalue weighted by atomic mass is 10.2. The van der Waals surface area contributed by atoms with Gasteiger partial charge in [0.25, 0.3) is 0 Å². The van der Waals surface area contributed by atoms with Crippen LogP contribution in [-0.2, 0) is 5.75 Å². The maximum atomic E-state index is 11.7. The lowest BCUT2D eigenvalue weighted by molar-refractivity contribution is -0.0311. The summed E-state index contributed by atoms with van der Waals surface area (Å²) in [6.07, 6.45) is 0. The van der Waals surface area contributed by atoms with Crippen molar-refractivity contribution in [3.8, 4) is 0 Å². The van der Waals surface area contributed by atoms with E-state index in [0.29, 0.717) is 5.75 Å². The van der Waals surface area contributed by atoms with E-state index in [0.717, 1.165) is 16.4 Å². The van der Waals surface area contributed by atoms with E-state index in [-0.39, 0.29) is 10.8 Å². The molecule has 1 rings (SSSR count). The van der Waals surface area contributed by atoms with Crippen LogP contribution in [0.5, 0.6) is 0 Å². The number of hydrogen-bond acceptors (Lipinski definition) is 2.